The van der Waals surface area contributed by atoms with Crippen LogP contribution in [0.1, 0.15) is 19.8 Å². The van der Waals surface area contributed by atoms with Gasteiger partial charge in [-0.15, -0.1) is 0 Å². The summed E-state index contributed by atoms with van der Waals surface area (Å²) < 4.78 is 4.57. The number of carbonyl (C=O) groups is 2. The van der Waals surface area contributed by atoms with E-state index in [1.807, 2.05) is 6.92 Å². The normalized spacial score (nSPS) is 12.7. The van der Waals surface area contributed by atoms with Crippen LogP contribution < -0.4 is 0 Å². The Labute approximate surface area is 82.0 Å². The molecule has 5 nitrogen and oxygen atoms in total. The predicted molar refractivity (Wildman–Crippen MR) is 48.6 cm³/mol. The molecule has 2 N–H and O–H groups in total. The molecule has 0 heterocycles. The highest BCUT2D eigenvalue weighted by atomic mass is 16.5. The molecule has 0 aromatic rings. The first-order valence-electron chi connectivity index (χ1n) is 4.32. The lowest BCUT2D eigenvalue weighted by Crippen LogP contribution is -2.17. The summed E-state index contributed by atoms with van der Waals surface area (Å²) in [5.41, 5.74) is 0. The molecule has 14 heavy (non-hydrogen) atoms. The zero-order chi connectivity index (χ0) is 11.0. The van der Waals surface area contributed by atoms with Gasteiger partial charge in [0.1, 0.15) is 6.61 Å². The van der Waals surface area contributed by atoms with E-state index in [9.17, 15) is 9.59 Å². The Kier molecular flexibility index (Phi) is 6.39. The van der Waals surface area contributed by atoms with E-state index in [-0.39, 0.29) is 6.61 Å². The molecule has 0 aliphatic heterocycles. The number of hydrogen-bond acceptors (Lipinski definition) is 4. The summed E-state index contributed by atoms with van der Waals surface area (Å²) in [5, 5.41) is 17.3. The minimum Gasteiger partial charge on any atom is -0.478 e. The largest absolute Gasteiger partial charge is 0.478 e. The molecule has 5 heteroatoms. The van der Waals surface area contributed by atoms with Gasteiger partial charge < -0.3 is 14.9 Å². The monoisotopic (exact) mass is 202 g/mol. The predicted octanol–water partition coefficient (Wildman–Crippen LogP) is 0.331. The molecule has 0 bridgehead atoms. The van der Waals surface area contributed by atoms with Crippen molar-refractivity contribution in [2.45, 2.75) is 25.9 Å². The van der Waals surface area contributed by atoms with Crippen LogP contribution in [0.5, 0.6) is 0 Å². The third-order valence-electron chi connectivity index (χ3n) is 1.40. The summed E-state index contributed by atoms with van der Waals surface area (Å²) in [5.74, 6) is -1.97. The first-order valence-corrected chi connectivity index (χ1v) is 4.32. The van der Waals surface area contributed by atoms with Crippen LogP contribution in [-0.2, 0) is 14.3 Å². The van der Waals surface area contributed by atoms with Crippen molar-refractivity contribution < 1.29 is 24.5 Å². The maximum absolute atomic E-state index is 10.8. The minimum absolute atomic E-state index is 0.101. The topological polar surface area (TPSA) is 83.8 Å². The van der Waals surface area contributed by atoms with E-state index >= 15 is 0 Å². The number of ether oxygens (including phenoxy) is 1. The Hall–Kier alpha value is -1.36. The summed E-state index contributed by atoms with van der Waals surface area (Å²) in [6.45, 7) is 1.80. The van der Waals surface area contributed by atoms with Crippen molar-refractivity contribution in [1.82, 2.24) is 0 Å². The second-order valence-electron chi connectivity index (χ2n) is 2.74. The first kappa shape index (κ1) is 12.6. The molecule has 0 aromatic carbocycles. The molecule has 0 aromatic heterocycles. The Morgan fingerprint density at radius 2 is 2.07 bits per heavy atom. The molecule has 0 fully saturated rings. The zero-order valence-electron chi connectivity index (χ0n) is 7.97. The molecular formula is C9H14O5. The number of aliphatic hydroxyl groups excluding tert-OH is 1. The molecule has 0 saturated carbocycles. The van der Waals surface area contributed by atoms with Gasteiger partial charge in [-0.1, -0.05) is 13.3 Å². The van der Waals surface area contributed by atoms with E-state index in [0.29, 0.717) is 12.5 Å². The minimum atomic E-state index is -1.21. The third kappa shape index (κ3) is 7.30. The van der Waals surface area contributed by atoms with Gasteiger partial charge in [0, 0.05) is 12.2 Å². The number of carboxylic acid groups (broad SMARTS) is 1. The van der Waals surface area contributed by atoms with Crippen LogP contribution >= 0.6 is 0 Å². The number of esters is 1. The van der Waals surface area contributed by atoms with E-state index in [0.717, 1.165) is 12.5 Å². The van der Waals surface area contributed by atoms with E-state index in [2.05, 4.69) is 4.74 Å². The number of hydrogen-bond donors (Lipinski definition) is 2. The van der Waals surface area contributed by atoms with Crippen molar-refractivity contribution in [1.29, 1.82) is 0 Å². The van der Waals surface area contributed by atoms with Gasteiger partial charge >= 0.3 is 11.9 Å². The van der Waals surface area contributed by atoms with Gasteiger partial charge in [0.15, 0.2) is 0 Å². The first-order chi connectivity index (χ1) is 6.56. The molecule has 0 amide bonds. The quantitative estimate of drug-likeness (QED) is 0.479. The Bertz CT molecular complexity index is 221. The summed E-state index contributed by atoms with van der Waals surface area (Å²) in [7, 11) is 0. The van der Waals surface area contributed by atoms with Gasteiger partial charge in [-0.2, -0.15) is 0 Å². The second kappa shape index (κ2) is 7.08. The SMILES string of the molecule is CCCC(O)COC(=O)/C=C\C(=O)O. The van der Waals surface area contributed by atoms with Crippen LogP contribution in [0.2, 0.25) is 0 Å². The fraction of sp³-hybridized carbons (Fsp3) is 0.556. The summed E-state index contributed by atoms with van der Waals surface area (Å²) in [6.07, 6.45) is 2.16. The molecular weight excluding hydrogens is 188 g/mol. The van der Waals surface area contributed by atoms with E-state index in [4.69, 9.17) is 10.2 Å². The van der Waals surface area contributed by atoms with E-state index in [1.54, 1.807) is 0 Å². The fourth-order valence-electron chi connectivity index (χ4n) is 0.782. The summed E-state index contributed by atoms with van der Waals surface area (Å²) in [6, 6.07) is 0. The van der Waals surface area contributed by atoms with Crippen molar-refractivity contribution in [2.24, 2.45) is 0 Å². The number of rotatable bonds is 6. The molecule has 0 aliphatic rings. The highest BCUT2D eigenvalue weighted by Gasteiger charge is 2.05. The van der Waals surface area contributed by atoms with E-state index < -0.39 is 18.0 Å². The van der Waals surface area contributed by atoms with E-state index in [1.165, 1.54) is 0 Å². The molecule has 0 radical (unpaired) electrons. The smallest absolute Gasteiger partial charge is 0.331 e. The van der Waals surface area contributed by atoms with Crippen molar-refractivity contribution in [2.75, 3.05) is 6.61 Å². The average Bonchev–Trinajstić information content (AvgIpc) is 2.12. The van der Waals surface area contributed by atoms with Crippen molar-refractivity contribution in [3.8, 4) is 0 Å². The summed E-state index contributed by atoms with van der Waals surface area (Å²) in [4.78, 5) is 20.8. The highest BCUT2D eigenvalue weighted by molar-refractivity contribution is 5.90. The lowest BCUT2D eigenvalue weighted by Gasteiger charge is -2.07. The number of carboxylic acids is 1. The van der Waals surface area contributed by atoms with Crippen LogP contribution in [0, 0.1) is 0 Å². The summed E-state index contributed by atoms with van der Waals surface area (Å²) >= 11 is 0. The van der Waals surface area contributed by atoms with Gasteiger partial charge in [-0.25, -0.2) is 9.59 Å². The second-order valence-corrected chi connectivity index (χ2v) is 2.74. The van der Waals surface area contributed by atoms with Crippen molar-refractivity contribution in [3.05, 3.63) is 12.2 Å². The standard InChI is InChI=1S/C9H14O5/c1-2-3-7(10)6-14-9(13)5-4-8(11)12/h4-5,7,10H,2-3,6H2,1H3,(H,11,12)/b5-4-. The Balaban J connectivity index is 3.68. The Morgan fingerprint density at radius 1 is 1.43 bits per heavy atom. The number of carbonyl (C=O) groups excluding carboxylic acids is 1. The van der Waals surface area contributed by atoms with Crippen molar-refractivity contribution in [3.63, 3.8) is 0 Å². The maximum Gasteiger partial charge on any atom is 0.331 e. The molecule has 0 aliphatic carbocycles. The van der Waals surface area contributed by atoms with Gasteiger partial charge in [0.2, 0.25) is 0 Å². The molecule has 0 rings (SSSR count). The van der Waals surface area contributed by atoms with Gasteiger partial charge in [0.25, 0.3) is 0 Å². The average molecular weight is 202 g/mol. The van der Waals surface area contributed by atoms with Crippen molar-refractivity contribution >= 4 is 11.9 Å². The van der Waals surface area contributed by atoms with Gasteiger partial charge in [-0.05, 0) is 6.42 Å². The van der Waals surface area contributed by atoms with Crippen LogP contribution in [0.3, 0.4) is 0 Å². The van der Waals surface area contributed by atoms with Gasteiger partial charge in [0.05, 0.1) is 6.10 Å². The lowest BCUT2D eigenvalue weighted by molar-refractivity contribution is -0.141. The van der Waals surface area contributed by atoms with Gasteiger partial charge in [-0.3, -0.25) is 0 Å². The lowest BCUT2D eigenvalue weighted by atomic mass is 10.2. The van der Waals surface area contributed by atoms with Crippen LogP contribution in [0.25, 0.3) is 0 Å². The zero-order valence-corrected chi connectivity index (χ0v) is 7.97. The molecule has 80 valence electrons. The molecule has 0 saturated heterocycles. The maximum atomic E-state index is 10.8. The third-order valence-corrected chi connectivity index (χ3v) is 1.40. The van der Waals surface area contributed by atoms with Crippen LogP contribution in [-0.4, -0.2) is 34.9 Å². The van der Waals surface area contributed by atoms with Crippen LogP contribution in [0.4, 0.5) is 0 Å². The molecule has 1 atom stereocenters. The highest BCUT2D eigenvalue weighted by Crippen LogP contribution is 1.96. The molecule has 1 unspecified atom stereocenters. The number of aliphatic hydroxyl groups is 1. The molecule has 0 spiro atoms. The number of aliphatic carboxylic acids is 1. The van der Waals surface area contributed by atoms with Crippen LogP contribution in [0.15, 0.2) is 12.2 Å². The fourth-order valence-corrected chi connectivity index (χ4v) is 0.782. The Morgan fingerprint density at radius 3 is 2.57 bits per heavy atom.